The van der Waals surface area contributed by atoms with Gasteiger partial charge in [-0.2, -0.15) is 0 Å². The lowest BCUT2D eigenvalue weighted by atomic mass is 9.80. The summed E-state index contributed by atoms with van der Waals surface area (Å²) >= 11 is 0. The molecule has 0 saturated heterocycles. The molecule has 0 aliphatic carbocycles. The molecule has 0 saturated carbocycles. The molecule has 7 heteroatoms. The van der Waals surface area contributed by atoms with Crippen LogP contribution in [0.2, 0.25) is 0 Å². The Bertz CT molecular complexity index is 844. The van der Waals surface area contributed by atoms with Crippen LogP contribution in [0.25, 0.3) is 11.0 Å². The van der Waals surface area contributed by atoms with Crippen LogP contribution in [-0.2, 0) is 6.54 Å². The highest BCUT2D eigenvalue weighted by molar-refractivity contribution is 6.58. The third-order valence-corrected chi connectivity index (χ3v) is 3.98. The van der Waals surface area contributed by atoms with Crippen molar-refractivity contribution < 1.29 is 14.8 Å². The molecule has 0 atom stereocenters. The van der Waals surface area contributed by atoms with Crippen molar-refractivity contribution in [2.75, 3.05) is 7.11 Å². The highest BCUT2D eigenvalue weighted by Crippen LogP contribution is 2.28. The van der Waals surface area contributed by atoms with Gasteiger partial charge in [-0.1, -0.05) is 38.1 Å². The number of hydrogen-bond donors (Lipinski definition) is 2. The average molecular weight is 325 g/mol. The predicted octanol–water partition coefficient (Wildman–Crippen LogP) is 1.29. The smallest absolute Gasteiger partial charge is 0.479 e. The fraction of sp³-hybridized carbons (Fsp3) is 0.294. The maximum Gasteiger partial charge on any atom is 0.488 e. The molecule has 2 N–H and O–H groups in total. The van der Waals surface area contributed by atoms with E-state index in [9.17, 15) is 10.0 Å². The molecule has 3 rings (SSSR count). The number of fused-ring (bicyclic) bond motifs is 1. The van der Waals surface area contributed by atoms with Crippen molar-refractivity contribution in [1.29, 1.82) is 0 Å². The summed E-state index contributed by atoms with van der Waals surface area (Å²) in [7, 11) is 0.148. The van der Waals surface area contributed by atoms with Crippen LogP contribution < -0.4 is 10.2 Å². The van der Waals surface area contributed by atoms with E-state index in [-0.39, 0.29) is 5.92 Å². The largest absolute Gasteiger partial charge is 0.488 e. The van der Waals surface area contributed by atoms with Gasteiger partial charge in [-0.05, 0) is 17.1 Å². The molecule has 3 aromatic rings. The molecule has 6 nitrogen and oxygen atoms in total. The average Bonchev–Trinajstić information content (AvgIpc) is 2.94. The van der Waals surface area contributed by atoms with Crippen LogP contribution in [0.3, 0.4) is 0 Å². The molecule has 2 aromatic heterocycles. The third-order valence-electron chi connectivity index (χ3n) is 3.98. The Balaban J connectivity index is 2.08. The van der Waals surface area contributed by atoms with E-state index in [0.717, 1.165) is 22.4 Å². The number of aromatic nitrogens is 3. The van der Waals surface area contributed by atoms with E-state index >= 15 is 0 Å². The first-order valence-electron chi connectivity index (χ1n) is 7.85. The number of imidazole rings is 1. The summed E-state index contributed by atoms with van der Waals surface area (Å²) in [6.45, 7) is 4.81. The normalized spacial score (nSPS) is 11.2. The van der Waals surface area contributed by atoms with Crippen molar-refractivity contribution in [3.8, 4) is 5.88 Å². The lowest BCUT2D eigenvalue weighted by Crippen LogP contribution is -2.29. The molecule has 0 amide bonds. The molecular formula is C17H20BN3O3. The number of nitrogens with zero attached hydrogens (tertiary/aromatic N) is 3. The van der Waals surface area contributed by atoms with Crippen LogP contribution in [0.4, 0.5) is 0 Å². The second-order valence-electron chi connectivity index (χ2n) is 6.01. The minimum Gasteiger partial charge on any atom is -0.479 e. The Morgan fingerprint density at radius 2 is 1.88 bits per heavy atom. The van der Waals surface area contributed by atoms with Gasteiger partial charge in [0, 0.05) is 18.7 Å². The van der Waals surface area contributed by atoms with Crippen LogP contribution in [0, 0.1) is 0 Å². The van der Waals surface area contributed by atoms with E-state index in [1.54, 1.807) is 25.4 Å². The fourth-order valence-electron chi connectivity index (χ4n) is 2.80. The lowest BCUT2D eigenvalue weighted by Gasteiger charge is -2.13. The number of methoxy groups -OCH3 is 1. The SMILES string of the molecule is COc1nccc2nc(C(C)C)n(Cc3ccc(B(O)O)cc3)c12. The van der Waals surface area contributed by atoms with E-state index in [4.69, 9.17) is 9.72 Å². The zero-order valence-electron chi connectivity index (χ0n) is 14.0. The molecule has 1 aromatic carbocycles. The topological polar surface area (TPSA) is 80.4 Å². The quantitative estimate of drug-likeness (QED) is 0.691. The van der Waals surface area contributed by atoms with Crippen molar-refractivity contribution in [2.24, 2.45) is 0 Å². The van der Waals surface area contributed by atoms with Gasteiger partial charge in [0.25, 0.3) is 0 Å². The summed E-state index contributed by atoms with van der Waals surface area (Å²) in [5.41, 5.74) is 3.23. The molecule has 0 fully saturated rings. The summed E-state index contributed by atoms with van der Waals surface area (Å²) in [5.74, 6) is 1.76. The van der Waals surface area contributed by atoms with Crippen molar-refractivity contribution in [2.45, 2.75) is 26.3 Å². The van der Waals surface area contributed by atoms with E-state index in [1.807, 2.05) is 18.2 Å². The van der Waals surface area contributed by atoms with Crippen LogP contribution in [-0.4, -0.2) is 38.8 Å². The number of benzene rings is 1. The zero-order valence-corrected chi connectivity index (χ0v) is 14.0. The first kappa shape index (κ1) is 16.5. The minimum atomic E-state index is -1.45. The van der Waals surface area contributed by atoms with E-state index < -0.39 is 7.12 Å². The van der Waals surface area contributed by atoms with Gasteiger partial charge < -0.3 is 19.4 Å². The van der Waals surface area contributed by atoms with Crippen molar-refractivity contribution in [3.05, 3.63) is 47.9 Å². The molecular weight excluding hydrogens is 305 g/mol. The summed E-state index contributed by atoms with van der Waals surface area (Å²) in [5, 5.41) is 18.4. The Hall–Kier alpha value is -2.38. The molecule has 0 spiro atoms. The van der Waals surface area contributed by atoms with Gasteiger partial charge in [0.15, 0.2) is 0 Å². The second kappa shape index (κ2) is 6.63. The summed E-state index contributed by atoms with van der Waals surface area (Å²) < 4.78 is 7.52. The standard InChI is InChI=1S/C17H20BN3O3/c1-11(2)16-20-14-8-9-19-17(24-3)15(14)21(16)10-12-4-6-13(7-5-12)18(22)23/h4-9,11,22-23H,10H2,1-3H3. The van der Waals surface area contributed by atoms with Gasteiger partial charge in [0.05, 0.1) is 12.6 Å². The summed E-state index contributed by atoms with van der Waals surface area (Å²) in [4.78, 5) is 9.01. The Morgan fingerprint density at radius 1 is 1.17 bits per heavy atom. The Morgan fingerprint density at radius 3 is 2.46 bits per heavy atom. The van der Waals surface area contributed by atoms with E-state index in [2.05, 4.69) is 23.4 Å². The number of ether oxygens (including phenoxy) is 1. The third kappa shape index (κ3) is 3.00. The first-order valence-corrected chi connectivity index (χ1v) is 7.85. The number of rotatable bonds is 5. The number of pyridine rings is 1. The Kier molecular flexibility index (Phi) is 4.55. The van der Waals surface area contributed by atoms with Crippen LogP contribution >= 0.6 is 0 Å². The van der Waals surface area contributed by atoms with Gasteiger partial charge in [-0.3, -0.25) is 0 Å². The van der Waals surface area contributed by atoms with E-state index in [0.29, 0.717) is 17.9 Å². The first-order chi connectivity index (χ1) is 11.5. The van der Waals surface area contributed by atoms with Gasteiger partial charge in [0.1, 0.15) is 11.3 Å². The maximum atomic E-state index is 9.21. The van der Waals surface area contributed by atoms with E-state index in [1.165, 1.54) is 0 Å². The highest BCUT2D eigenvalue weighted by Gasteiger charge is 2.18. The Labute approximate surface area is 140 Å². The maximum absolute atomic E-state index is 9.21. The van der Waals surface area contributed by atoms with Crippen LogP contribution in [0.15, 0.2) is 36.5 Å². The van der Waals surface area contributed by atoms with Crippen molar-refractivity contribution >= 4 is 23.6 Å². The minimum absolute atomic E-state index is 0.251. The molecule has 0 aliphatic rings. The summed E-state index contributed by atoms with van der Waals surface area (Å²) in [6.07, 6.45) is 1.69. The molecule has 124 valence electrons. The van der Waals surface area contributed by atoms with Crippen LogP contribution in [0.1, 0.15) is 31.2 Å². The fourth-order valence-corrected chi connectivity index (χ4v) is 2.80. The monoisotopic (exact) mass is 325 g/mol. The molecule has 0 aliphatic heterocycles. The lowest BCUT2D eigenvalue weighted by molar-refractivity contribution is 0.400. The van der Waals surface area contributed by atoms with Gasteiger partial charge >= 0.3 is 7.12 Å². The molecule has 0 bridgehead atoms. The van der Waals surface area contributed by atoms with Gasteiger partial charge in [0.2, 0.25) is 5.88 Å². The predicted molar refractivity (Wildman–Crippen MR) is 93.5 cm³/mol. The molecule has 0 radical (unpaired) electrons. The van der Waals surface area contributed by atoms with Gasteiger partial charge in [-0.15, -0.1) is 0 Å². The second-order valence-corrected chi connectivity index (χ2v) is 6.01. The van der Waals surface area contributed by atoms with Gasteiger partial charge in [-0.25, -0.2) is 9.97 Å². The molecule has 0 unspecified atom stereocenters. The molecule has 2 heterocycles. The number of hydrogen-bond acceptors (Lipinski definition) is 5. The highest BCUT2D eigenvalue weighted by atomic mass is 16.5. The van der Waals surface area contributed by atoms with Crippen molar-refractivity contribution in [3.63, 3.8) is 0 Å². The summed E-state index contributed by atoms with van der Waals surface area (Å²) in [6, 6.07) is 9.07. The zero-order chi connectivity index (χ0) is 17.3. The van der Waals surface area contributed by atoms with Crippen LogP contribution in [0.5, 0.6) is 5.88 Å². The van der Waals surface area contributed by atoms with Crippen molar-refractivity contribution in [1.82, 2.24) is 14.5 Å². The molecule has 24 heavy (non-hydrogen) atoms.